The largest absolute Gasteiger partial charge is 0.506 e. The Morgan fingerprint density at radius 3 is 2.02 bits per heavy atom. The fourth-order valence-corrected chi connectivity index (χ4v) is 4.81. The van der Waals surface area contributed by atoms with Crippen LogP contribution in [0.5, 0.6) is 5.75 Å². The van der Waals surface area contributed by atoms with Crippen LogP contribution in [-0.4, -0.2) is 53.5 Å². The number of aliphatic hydroxyl groups excluding tert-OH is 1. The zero-order valence-electron chi connectivity index (χ0n) is 23.7. The van der Waals surface area contributed by atoms with E-state index < -0.39 is 41.0 Å². The van der Waals surface area contributed by atoms with Crippen LogP contribution >= 0.6 is 15.6 Å². The van der Waals surface area contributed by atoms with Gasteiger partial charge in [-0.15, -0.1) is 0 Å². The van der Waals surface area contributed by atoms with Gasteiger partial charge < -0.3 is 35.1 Å². The summed E-state index contributed by atoms with van der Waals surface area (Å²) in [5, 5.41) is 24.1. The molecule has 0 saturated carbocycles. The summed E-state index contributed by atoms with van der Waals surface area (Å²) in [6.45, 7) is 2.55. The topological polar surface area (TPSA) is 199 Å². The second kappa shape index (κ2) is 19.9. The maximum atomic E-state index is 11.3. The van der Waals surface area contributed by atoms with Gasteiger partial charge in [-0.05, 0) is 19.8 Å². The minimum Gasteiger partial charge on any atom is -0.506 e. The normalized spacial score (nSPS) is 14.2. The third-order valence-corrected chi connectivity index (χ3v) is 7.45. The van der Waals surface area contributed by atoms with Crippen molar-refractivity contribution in [3.8, 4) is 5.75 Å². The molecule has 0 aliphatic rings. The number of pyridine rings is 1. The molecule has 0 radical (unpaired) electrons. The Morgan fingerprint density at radius 1 is 0.925 bits per heavy atom. The fourth-order valence-electron chi connectivity index (χ4n) is 4.14. The number of aliphatic hydroxyl groups is 1. The summed E-state index contributed by atoms with van der Waals surface area (Å²) in [5.74, 6) is -0.240. The first kappa shape index (κ1) is 36.9. The maximum absolute atomic E-state index is 11.3. The van der Waals surface area contributed by atoms with Crippen LogP contribution in [0.25, 0.3) is 0 Å². The predicted octanol–water partition coefficient (Wildman–Crippen LogP) is 4.89. The predicted molar refractivity (Wildman–Crippen MR) is 152 cm³/mol. The van der Waals surface area contributed by atoms with E-state index in [-0.39, 0.29) is 29.1 Å². The van der Waals surface area contributed by atoms with Gasteiger partial charge >= 0.3 is 15.6 Å². The number of rotatable bonds is 23. The van der Waals surface area contributed by atoms with Gasteiger partial charge in [0.05, 0.1) is 31.1 Å². The summed E-state index contributed by atoms with van der Waals surface area (Å²) in [6, 6.07) is -0.968. The smallest absolute Gasteiger partial charge is 0.469 e. The number of phosphoric ester groups is 2. The van der Waals surface area contributed by atoms with E-state index in [2.05, 4.69) is 26.3 Å². The second-order valence-electron chi connectivity index (χ2n) is 9.98. The Hall–Kier alpha value is -1.17. The molecule has 1 rings (SSSR count). The van der Waals surface area contributed by atoms with Crippen molar-refractivity contribution in [2.24, 2.45) is 0 Å². The molecule has 7 N–H and O–H groups in total. The summed E-state index contributed by atoms with van der Waals surface area (Å²) in [7, 11) is -9.59. The molecule has 1 aromatic heterocycles. The standard InChI is InChI=1S/C26H48N2O10P2/c1-3-4-5-6-7-8-9-10-11-12-13-14-15-16-25(29)24(20-38-40(34,35)36)28-18-23-22(19-37-39(31,32)33)17-27-21(2)26(23)30/h15-17,24-25,28-30H,3-14,18-20H2,1-2H3,(H2,31,32,33)(H2,34,35,36)/t24-,25+/m0/s1. The molecule has 40 heavy (non-hydrogen) atoms. The SMILES string of the molecule is CCCCCCCCCCCCCC=C[C@@H](O)[C@H](COP(=O)(O)O)NCc1c(COP(=O)(O)O)cnc(C)c1O. The molecular weight excluding hydrogens is 562 g/mol. The molecule has 0 unspecified atom stereocenters. The molecule has 1 heterocycles. The number of hydrogen-bond acceptors (Lipinski definition) is 8. The lowest BCUT2D eigenvalue weighted by molar-refractivity contribution is 0.111. The van der Waals surface area contributed by atoms with Gasteiger partial charge in [-0.3, -0.25) is 14.0 Å². The second-order valence-corrected chi connectivity index (χ2v) is 12.5. The monoisotopic (exact) mass is 610 g/mol. The van der Waals surface area contributed by atoms with Gasteiger partial charge in [-0.2, -0.15) is 0 Å². The van der Waals surface area contributed by atoms with Gasteiger partial charge in [0.25, 0.3) is 0 Å². The van der Waals surface area contributed by atoms with Crippen molar-refractivity contribution in [3.05, 3.63) is 35.2 Å². The van der Waals surface area contributed by atoms with Crippen LogP contribution in [0.1, 0.15) is 101 Å². The third kappa shape index (κ3) is 17.6. The Kier molecular flexibility index (Phi) is 18.3. The van der Waals surface area contributed by atoms with Crippen molar-refractivity contribution >= 4 is 15.6 Å². The molecule has 0 fully saturated rings. The molecule has 2 atom stereocenters. The van der Waals surface area contributed by atoms with Crippen LogP contribution in [-0.2, 0) is 31.3 Å². The fraction of sp³-hybridized carbons (Fsp3) is 0.731. The Balaban J connectivity index is 2.62. The molecule has 0 spiro atoms. The number of allylic oxidation sites excluding steroid dienone is 1. The van der Waals surface area contributed by atoms with Gasteiger partial charge in [-0.1, -0.05) is 83.3 Å². The highest BCUT2D eigenvalue weighted by Crippen LogP contribution is 2.38. The summed E-state index contributed by atoms with van der Waals surface area (Å²) in [4.78, 5) is 40.2. The maximum Gasteiger partial charge on any atom is 0.469 e. The number of nitrogens with one attached hydrogen (secondary N) is 1. The lowest BCUT2D eigenvalue weighted by atomic mass is 10.0. The molecule has 0 bridgehead atoms. The quantitative estimate of drug-likeness (QED) is 0.0504. The van der Waals surface area contributed by atoms with Crippen molar-refractivity contribution in [2.75, 3.05) is 6.61 Å². The number of phosphoric acid groups is 2. The van der Waals surface area contributed by atoms with E-state index in [0.717, 1.165) is 25.7 Å². The van der Waals surface area contributed by atoms with Crippen molar-refractivity contribution in [1.82, 2.24) is 10.3 Å². The molecule has 1 aromatic rings. The average Bonchev–Trinajstić information content (AvgIpc) is 2.87. The van der Waals surface area contributed by atoms with E-state index >= 15 is 0 Å². The molecule has 0 aliphatic carbocycles. The highest BCUT2D eigenvalue weighted by molar-refractivity contribution is 7.46. The highest BCUT2D eigenvalue weighted by atomic mass is 31.2. The van der Waals surface area contributed by atoms with E-state index in [9.17, 15) is 19.3 Å². The van der Waals surface area contributed by atoms with E-state index in [1.165, 1.54) is 70.6 Å². The number of aromatic nitrogens is 1. The number of aromatic hydroxyl groups is 1. The van der Waals surface area contributed by atoms with Gasteiger partial charge in [0.15, 0.2) is 0 Å². The minimum atomic E-state index is -4.81. The van der Waals surface area contributed by atoms with E-state index in [0.29, 0.717) is 0 Å². The average molecular weight is 611 g/mol. The van der Waals surface area contributed by atoms with Crippen molar-refractivity contribution < 1.29 is 48.0 Å². The van der Waals surface area contributed by atoms with Crippen LogP contribution in [0.4, 0.5) is 0 Å². The minimum absolute atomic E-state index is 0.131. The van der Waals surface area contributed by atoms with E-state index in [1.807, 2.05) is 6.08 Å². The van der Waals surface area contributed by atoms with Gasteiger partial charge in [0, 0.05) is 23.9 Å². The van der Waals surface area contributed by atoms with E-state index in [4.69, 9.17) is 19.6 Å². The molecular formula is C26H48N2O10P2. The molecule has 14 heteroatoms. The first-order valence-electron chi connectivity index (χ1n) is 14.0. The molecule has 0 aromatic carbocycles. The Labute approximate surface area is 237 Å². The Bertz CT molecular complexity index is 967. The van der Waals surface area contributed by atoms with Crippen LogP contribution < -0.4 is 5.32 Å². The molecule has 0 aliphatic heterocycles. The number of nitrogens with zero attached hydrogens (tertiary/aromatic N) is 1. The molecule has 232 valence electrons. The van der Waals surface area contributed by atoms with Crippen LogP contribution in [0, 0.1) is 6.92 Å². The van der Waals surface area contributed by atoms with Crippen LogP contribution in [0.15, 0.2) is 18.3 Å². The first-order chi connectivity index (χ1) is 18.8. The first-order valence-corrected chi connectivity index (χ1v) is 17.0. The van der Waals surface area contributed by atoms with Gasteiger partial charge in [0.2, 0.25) is 0 Å². The van der Waals surface area contributed by atoms with E-state index in [1.54, 1.807) is 0 Å². The van der Waals surface area contributed by atoms with Crippen molar-refractivity contribution in [2.45, 2.75) is 116 Å². The van der Waals surface area contributed by atoms with Crippen molar-refractivity contribution in [1.29, 1.82) is 0 Å². The summed E-state index contributed by atoms with van der Waals surface area (Å²) < 4.78 is 31.5. The number of hydrogen-bond donors (Lipinski definition) is 7. The molecule has 0 saturated heterocycles. The lowest BCUT2D eigenvalue weighted by Crippen LogP contribution is -2.42. The van der Waals surface area contributed by atoms with Crippen LogP contribution in [0.3, 0.4) is 0 Å². The third-order valence-electron chi connectivity index (χ3n) is 6.50. The highest BCUT2D eigenvalue weighted by Gasteiger charge is 2.24. The molecule has 0 amide bonds. The number of unbranched alkanes of at least 4 members (excludes halogenated alkanes) is 11. The van der Waals surface area contributed by atoms with Gasteiger partial charge in [-0.25, -0.2) is 9.13 Å². The summed E-state index contributed by atoms with van der Waals surface area (Å²) in [6.07, 6.45) is 17.7. The Morgan fingerprint density at radius 2 is 1.48 bits per heavy atom. The summed E-state index contributed by atoms with van der Waals surface area (Å²) in [5.41, 5.74) is 0.654. The van der Waals surface area contributed by atoms with Crippen molar-refractivity contribution in [3.63, 3.8) is 0 Å². The van der Waals surface area contributed by atoms with Crippen LogP contribution in [0.2, 0.25) is 0 Å². The zero-order chi connectivity index (χ0) is 30.0. The van der Waals surface area contributed by atoms with Gasteiger partial charge in [0.1, 0.15) is 5.75 Å². The molecule has 12 nitrogen and oxygen atoms in total. The number of aryl methyl sites for hydroxylation is 1. The zero-order valence-corrected chi connectivity index (χ0v) is 25.4. The lowest BCUT2D eigenvalue weighted by Gasteiger charge is -2.23. The summed E-state index contributed by atoms with van der Waals surface area (Å²) >= 11 is 0.